The number of amides is 1. The Morgan fingerprint density at radius 2 is 2.12 bits per heavy atom. The van der Waals surface area contributed by atoms with Crippen LogP contribution in [0.2, 0.25) is 0 Å². The Bertz CT molecular complexity index is 711. The molecule has 1 unspecified atom stereocenters. The molecule has 2 N–H and O–H groups in total. The number of hydrogen-bond donors (Lipinski definition) is 2. The van der Waals surface area contributed by atoms with Gasteiger partial charge in [0.05, 0.1) is 12.2 Å². The molecule has 1 saturated heterocycles. The maximum atomic E-state index is 13.3. The molecule has 0 aromatic carbocycles. The largest absolute Gasteiger partial charge is 0.328 e. The third-order valence-electron chi connectivity index (χ3n) is 4.91. The fourth-order valence-electron chi connectivity index (χ4n) is 3.31. The van der Waals surface area contributed by atoms with Crippen LogP contribution in [0.15, 0.2) is 30.5 Å². The summed E-state index contributed by atoms with van der Waals surface area (Å²) in [5.41, 5.74) is 2.30. The first kappa shape index (κ1) is 18.6. The topological polar surface area (TPSA) is 73.9 Å². The SMILES string of the molecule is CC(C)(C)c1cc(C(=O)N(Cc2ccccn2)C2CCCNCC2)n[nH]1. The number of nitrogens with zero attached hydrogens (tertiary/aromatic N) is 3. The van der Waals surface area contributed by atoms with Gasteiger partial charge in [-0.05, 0) is 50.6 Å². The van der Waals surface area contributed by atoms with Crippen molar-refractivity contribution >= 4 is 5.91 Å². The molecule has 2 aromatic rings. The molecule has 3 heterocycles. The van der Waals surface area contributed by atoms with Gasteiger partial charge in [-0.15, -0.1) is 0 Å². The third-order valence-corrected chi connectivity index (χ3v) is 4.91. The summed E-state index contributed by atoms with van der Waals surface area (Å²) >= 11 is 0. The minimum Gasteiger partial charge on any atom is -0.328 e. The molecule has 0 bridgehead atoms. The molecule has 1 aliphatic heterocycles. The van der Waals surface area contributed by atoms with E-state index in [2.05, 4.69) is 41.3 Å². The Labute approximate surface area is 155 Å². The van der Waals surface area contributed by atoms with Crippen LogP contribution >= 0.6 is 0 Å². The van der Waals surface area contributed by atoms with E-state index < -0.39 is 0 Å². The molecular formula is C20H29N5O. The zero-order chi connectivity index (χ0) is 18.6. The summed E-state index contributed by atoms with van der Waals surface area (Å²) in [6.07, 6.45) is 4.81. The molecule has 1 atom stereocenters. The molecule has 0 spiro atoms. The van der Waals surface area contributed by atoms with Gasteiger partial charge in [-0.25, -0.2) is 0 Å². The van der Waals surface area contributed by atoms with E-state index >= 15 is 0 Å². The second-order valence-corrected chi connectivity index (χ2v) is 8.01. The second-order valence-electron chi connectivity index (χ2n) is 8.01. The van der Waals surface area contributed by atoms with Crippen LogP contribution in [0.5, 0.6) is 0 Å². The maximum absolute atomic E-state index is 13.3. The van der Waals surface area contributed by atoms with Crippen molar-refractivity contribution in [2.24, 2.45) is 0 Å². The fourth-order valence-corrected chi connectivity index (χ4v) is 3.31. The fraction of sp³-hybridized carbons (Fsp3) is 0.550. The highest BCUT2D eigenvalue weighted by Gasteiger charge is 2.28. The van der Waals surface area contributed by atoms with Crippen LogP contribution in [0, 0.1) is 0 Å². The number of nitrogens with one attached hydrogen (secondary N) is 2. The van der Waals surface area contributed by atoms with Crippen LogP contribution in [0.3, 0.4) is 0 Å². The van der Waals surface area contributed by atoms with Crippen LogP contribution in [0.1, 0.15) is 61.9 Å². The summed E-state index contributed by atoms with van der Waals surface area (Å²) < 4.78 is 0. The van der Waals surface area contributed by atoms with Gasteiger partial charge in [0, 0.05) is 23.3 Å². The number of carbonyl (C=O) groups is 1. The molecule has 0 saturated carbocycles. The van der Waals surface area contributed by atoms with E-state index in [9.17, 15) is 4.79 Å². The number of pyridine rings is 1. The van der Waals surface area contributed by atoms with E-state index in [0.29, 0.717) is 12.2 Å². The molecule has 1 amide bonds. The molecule has 1 fully saturated rings. The molecule has 2 aromatic heterocycles. The van der Waals surface area contributed by atoms with Crippen LogP contribution in [0.4, 0.5) is 0 Å². The molecule has 140 valence electrons. The Morgan fingerprint density at radius 3 is 2.81 bits per heavy atom. The minimum atomic E-state index is -0.0659. The monoisotopic (exact) mass is 355 g/mol. The Kier molecular flexibility index (Phi) is 5.71. The van der Waals surface area contributed by atoms with Crippen molar-refractivity contribution in [1.29, 1.82) is 0 Å². The molecule has 6 nitrogen and oxygen atoms in total. The number of carbonyl (C=O) groups excluding carboxylic acids is 1. The number of hydrogen-bond acceptors (Lipinski definition) is 4. The van der Waals surface area contributed by atoms with Crippen LogP contribution < -0.4 is 5.32 Å². The number of aromatic amines is 1. The number of aromatic nitrogens is 3. The smallest absolute Gasteiger partial charge is 0.274 e. The van der Waals surface area contributed by atoms with Crippen molar-refractivity contribution in [1.82, 2.24) is 25.4 Å². The highest BCUT2D eigenvalue weighted by Crippen LogP contribution is 2.23. The van der Waals surface area contributed by atoms with Gasteiger partial charge in [0.1, 0.15) is 5.69 Å². The van der Waals surface area contributed by atoms with Gasteiger partial charge in [0.2, 0.25) is 0 Å². The summed E-state index contributed by atoms with van der Waals surface area (Å²) in [7, 11) is 0. The summed E-state index contributed by atoms with van der Waals surface area (Å²) in [5, 5.41) is 10.8. The predicted molar refractivity (Wildman–Crippen MR) is 102 cm³/mol. The summed E-state index contributed by atoms with van der Waals surface area (Å²) in [4.78, 5) is 19.7. The first-order chi connectivity index (χ1) is 12.4. The molecule has 1 aliphatic rings. The zero-order valence-electron chi connectivity index (χ0n) is 16.0. The van der Waals surface area contributed by atoms with Crippen molar-refractivity contribution in [3.8, 4) is 0 Å². The van der Waals surface area contributed by atoms with Crippen molar-refractivity contribution in [3.63, 3.8) is 0 Å². The van der Waals surface area contributed by atoms with E-state index in [1.165, 1.54) is 0 Å². The average molecular weight is 355 g/mol. The van der Waals surface area contributed by atoms with E-state index in [1.54, 1.807) is 6.20 Å². The van der Waals surface area contributed by atoms with Crippen molar-refractivity contribution in [2.45, 2.75) is 58.0 Å². The van der Waals surface area contributed by atoms with Gasteiger partial charge in [-0.2, -0.15) is 5.10 Å². The zero-order valence-corrected chi connectivity index (χ0v) is 16.0. The van der Waals surface area contributed by atoms with Crippen molar-refractivity contribution in [3.05, 3.63) is 47.5 Å². The highest BCUT2D eigenvalue weighted by atomic mass is 16.2. The van der Waals surface area contributed by atoms with Crippen LogP contribution in [0.25, 0.3) is 0 Å². The van der Waals surface area contributed by atoms with Gasteiger partial charge >= 0.3 is 0 Å². The lowest BCUT2D eigenvalue weighted by Crippen LogP contribution is -2.40. The Morgan fingerprint density at radius 1 is 1.27 bits per heavy atom. The molecular weight excluding hydrogens is 326 g/mol. The quantitative estimate of drug-likeness (QED) is 0.884. The number of rotatable bonds is 4. The Hall–Kier alpha value is -2.21. The summed E-state index contributed by atoms with van der Waals surface area (Å²) in [6, 6.07) is 7.93. The van der Waals surface area contributed by atoms with Gasteiger partial charge < -0.3 is 10.2 Å². The normalized spacial score (nSPS) is 18.3. The van der Waals surface area contributed by atoms with Crippen molar-refractivity contribution < 1.29 is 4.79 Å². The van der Waals surface area contributed by atoms with E-state index in [-0.39, 0.29) is 17.4 Å². The summed E-state index contributed by atoms with van der Waals surface area (Å²) in [5.74, 6) is -0.0192. The minimum absolute atomic E-state index is 0.0192. The summed E-state index contributed by atoms with van der Waals surface area (Å²) in [6.45, 7) is 8.79. The van der Waals surface area contributed by atoms with E-state index in [0.717, 1.165) is 43.7 Å². The lowest BCUT2D eigenvalue weighted by molar-refractivity contribution is 0.0636. The van der Waals surface area contributed by atoms with E-state index in [4.69, 9.17) is 0 Å². The van der Waals surface area contributed by atoms with Crippen molar-refractivity contribution in [2.75, 3.05) is 13.1 Å². The Balaban J connectivity index is 1.86. The first-order valence-electron chi connectivity index (χ1n) is 9.42. The molecule has 0 aliphatic carbocycles. The lowest BCUT2D eigenvalue weighted by atomic mass is 9.92. The van der Waals surface area contributed by atoms with Gasteiger partial charge in [-0.3, -0.25) is 14.9 Å². The predicted octanol–water partition coefficient (Wildman–Crippen LogP) is 2.89. The number of H-pyrrole nitrogens is 1. The van der Waals surface area contributed by atoms with E-state index in [1.807, 2.05) is 29.2 Å². The van der Waals surface area contributed by atoms with Gasteiger partial charge in [0.15, 0.2) is 0 Å². The molecule has 3 rings (SSSR count). The van der Waals surface area contributed by atoms with Gasteiger partial charge in [-0.1, -0.05) is 26.8 Å². The standard InChI is InChI=1S/C20H29N5O/c1-20(2,3)18-13-17(23-24-18)19(26)25(14-15-7-4-5-11-22-15)16-8-6-10-21-12-9-16/h4-5,7,11,13,16,21H,6,8-10,12,14H2,1-3H3,(H,23,24). The lowest BCUT2D eigenvalue weighted by Gasteiger charge is -2.30. The maximum Gasteiger partial charge on any atom is 0.274 e. The van der Waals surface area contributed by atoms with Crippen LogP contribution in [-0.4, -0.2) is 45.1 Å². The second kappa shape index (κ2) is 7.99. The molecule has 26 heavy (non-hydrogen) atoms. The first-order valence-corrected chi connectivity index (χ1v) is 9.42. The molecule has 6 heteroatoms. The van der Waals surface area contributed by atoms with Gasteiger partial charge in [0.25, 0.3) is 5.91 Å². The van der Waals surface area contributed by atoms with Crippen LogP contribution in [-0.2, 0) is 12.0 Å². The third kappa shape index (κ3) is 4.49. The highest BCUT2D eigenvalue weighted by molar-refractivity contribution is 5.92. The molecule has 0 radical (unpaired) electrons. The average Bonchev–Trinajstić information content (AvgIpc) is 2.98.